The smallest absolute Gasteiger partial charge is 0.0887 e. The molecule has 2 unspecified atom stereocenters. The van der Waals surface area contributed by atoms with Crippen LogP contribution >= 0.6 is 0 Å². The van der Waals surface area contributed by atoms with Gasteiger partial charge in [0.2, 0.25) is 0 Å². The molecule has 2 spiro atoms. The zero-order valence-electron chi connectivity index (χ0n) is 16.9. The van der Waals surface area contributed by atoms with E-state index in [0.717, 1.165) is 5.92 Å². The van der Waals surface area contributed by atoms with Crippen molar-refractivity contribution in [1.29, 1.82) is 0 Å². The molecule has 2 saturated heterocycles. The van der Waals surface area contributed by atoms with Crippen LogP contribution in [0.5, 0.6) is 0 Å². The van der Waals surface area contributed by atoms with Crippen LogP contribution < -0.4 is 0 Å². The Morgan fingerprint density at radius 1 is 1.00 bits per heavy atom. The second kappa shape index (κ2) is 5.73. The molecule has 4 fully saturated rings. The summed E-state index contributed by atoms with van der Waals surface area (Å²) >= 11 is 0. The largest absolute Gasteiger partial charge is 0.513 e. The van der Waals surface area contributed by atoms with Gasteiger partial charge in [0.1, 0.15) is 0 Å². The molecule has 25 heavy (non-hydrogen) atoms. The lowest BCUT2D eigenvalue weighted by atomic mass is 9.81. The van der Waals surface area contributed by atoms with E-state index in [0.29, 0.717) is 34.1 Å². The maximum absolute atomic E-state index is 9.75. The Bertz CT molecular complexity index is 536. The molecule has 1 N–H and O–H groups in total. The van der Waals surface area contributed by atoms with Gasteiger partial charge in [0.15, 0.2) is 0 Å². The molecule has 0 aromatic carbocycles. The average molecular weight is 347 g/mol. The van der Waals surface area contributed by atoms with Gasteiger partial charge in [-0.1, -0.05) is 6.58 Å². The molecule has 3 nitrogen and oxygen atoms in total. The Balaban J connectivity index is 1.34. The second-order valence-corrected chi connectivity index (χ2v) is 10.5. The number of likely N-dealkylation sites (tertiary alicyclic amines) is 2. The Labute approximate surface area is 154 Å². The zero-order valence-corrected chi connectivity index (χ0v) is 16.9. The molecule has 0 aromatic rings. The Morgan fingerprint density at radius 2 is 1.56 bits per heavy atom. The van der Waals surface area contributed by atoms with Crippen molar-refractivity contribution in [2.75, 3.05) is 26.2 Å². The van der Waals surface area contributed by atoms with Crippen LogP contribution in [-0.2, 0) is 0 Å². The molecule has 0 bridgehead atoms. The number of allylic oxidation sites excluding steroid dienone is 1. The van der Waals surface area contributed by atoms with Crippen molar-refractivity contribution in [3.63, 3.8) is 0 Å². The first-order valence-corrected chi connectivity index (χ1v) is 10.6. The highest BCUT2D eigenvalue weighted by Gasteiger charge is 2.63. The monoisotopic (exact) mass is 346 g/mol. The van der Waals surface area contributed by atoms with Gasteiger partial charge in [-0.05, 0) is 109 Å². The Hall–Kier alpha value is -0.540. The quantitative estimate of drug-likeness (QED) is 0.762. The molecule has 2 aliphatic carbocycles. The fourth-order valence-corrected chi connectivity index (χ4v) is 6.51. The van der Waals surface area contributed by atoms with Crippen molar-refractivity contribution in [3.05, 3.63) is 12.3 Å². The zero-order chi connectivity index (χ0) is 18.0. The number of nitrogens with zero attached hydrogens (tertiary/aromatic N) is 2. The highest BCUT2D eigenvalue weighted by Crippen LogP contribution is 2.66. The molecule has 0 amide bonds. The minimum atomic E-state index is 0.336. The van der Waals surface area contributed by atoms with Crippen molar-refractivity contribution >= 4 is 0 Å². The van der Waals surface area contributed by atoms with Gasteiger partial charge in [0, 0.05) is 17.5 Å². The van der Waals surface area contributed by atoms with E-state index in [4.69, 9.17) is 0 Å². The summed E-state index contributed by atoms with van der Waals surface area (Å²) in [6.07, 6.45) is 7.94. The molecule has 3 heteroatoms. The molecular formula is C22H38N2O. The highest BCUT2D eigenvalue weighted by molar-refractivity contribution is 5.18. The SMILES string of the molecule is C=C(O)C1CC12CCN(C(C)(C)C1CC13CCN(C(C)C)CC3)CC2. The summed E-state index contributed by atoms with van der Waals surface area (Å²) in [5, 5.41) is 9.75. The van der Waals surface area contributed by atoms with Crippen LogP contribution in [0, 0.1) is 22.7 Å². The summed E-state index contributed by atoms with van der Waals surface area (Å²) in [6, 6.07) is 0.702. The maximum atomic E-state index is 9.75. The van der Waals surface area contributed by atoms with Gasteiger partial charge in [-0.3, -0.25) is 4.90 Å². The first kappa shape index (κ1) is 17.9. The minimum Gasteiger partial charge on any atom is -0.513 e. The summed E-state index contributed by atoms with van der Waals surface area (Å²) in [4.78, 5) is 5.44. The molecule has 2 heterocycles. The van der Waals surface area contributed by atoms with Crippen molar-refractivity contribution in [3.8, 4) is 0 Å². The summed E-state index contributed by atoms with van der Waals surface area (Å²) < 4.78 is 0. The Morgan fingerprint density at radius 3 is 2.04 bits per heavy atom. The third-order valence-electron chi connectivity index (χ3n) is 8.73. The topological polar surface area (TPSA) is 26.7 Å². The van der Waals surface area contributed by atoms with Crippen molar-refractivity contribution in [2.24, 2.45) is 22.7 Å². The predicted molar refractivity (Wildman–Crippen MR) is 104 cm³/mol. The minimum absolute atomic E-state index is 0.336. The van der Waals surface area contributed by atoms with E-state index < -0.39 is 0 Å². The standard InChI is InChI=1S/C22H38N2O/c1-16(2)23-10-6-22(7-11-23)15-19(22)20(4,5)24-12-8-21(9-13-24)14-18(21)17(3)25/h16,18-19,25H,3,6-15H2,1-2,4-5H3. The fraction of sp³-hybridized carbons (Fsp3) is 0.909. The normalized spacial score (nSPS) is 34.6. The second-order valence-electron chi connectivity index (χ2n) is 10.5. The van der Waals surface area contributed by atoms with Crippen LogP contribution in [0.3, 0.4) is 0 Å². The molecule has 2 saturated carbocycles. The molecule has 0 radical (unpaired) electrons. The molecular weight excluding hydrogens is 308 g/mol. The molecule has 4 rings (SSSR count). The number of piperidine rings is 2. The molecule has 0 aromatic heterocycles. The molecule has 142 valence electrons. The van der Waals surface area contributed by atoms with Crippen molar-refractivity contribution < 1.29 is 5.11 Å². The summed E-state index contributed by atoms with van der Waals surface area (Å²) in [7, 11) is 0. The van der Waals surface area contributed by atoms with E-state index in [1.807, 2.05) is 0 Å². The van der Waals surface area contributed by atoms with E-state index in [1.54, 1.807) is 0 Å². The van der Waals surface area contributed by atoms with Crippen molar-refractivity contribution in [1.82, 2.24) is 9.80 Å². The predicted octanol–water partition coefficient (Wildman–Crippen LogP) is 4.45. The van der Waals surface area contributed by atoms with Crippen LogP contribution in [-0.4, -0.2) is 52.7 Å². The summed E-state index contributed by atoms with van der Waals surface area (Å²) in [5.41, 5.74) is 1.38. The number of hydrogen-bond donors (Lipinski definition) is 1. The third kappa shape index (κ3) is 2.86. The van der Waals surface area contributed by atoms with E-state index in [1.165, 1.54) is 64.7 Å². The van der Waals surface area contributed by atoms with Crippen LogP contribution in [0.25, 0.3) is 0 Å². The van der Waals surface area contributed by atoms with Crippen LogP contribution in [0.2, 0.25) is 0 Å². The van der Waals surface area contributed by atoms with Gasteiger partial charge in [-0.15, -0.1) is 0 Å². The van der Waals surface area contributed by atoms with E-state index >= 15 is 0 Å². The molecule has 2 atom stereocenters. The first-order chi connectivity index (χ1) is 11.7. The van der Waals surface area contributed by atoms with Gasteiger partial charge in [0.25, 0.3) is 0 Å². The van der Waals surface area contributed by atoms with Crippen LogP contribution in [0.4, 0.5) is 0 Å². The highest BCUT2D eigenvalue weighted by atomic mass is 16.3. The lowest BCUT2D eigenvalue weighted by Gasteiger charge is -2.46. The maximum Gasteiger partial charge on any atom is 0.0887 e. The van der Waals surface area contributed by atoms with E-state index in [-0.39, 0.29) is 0 Å². The molecule has 4 aliphatic rings. The molecule has 2 aliphatic heterocycles. The lowest BCUT2D eigenvalue weighted by Crippen LogP contribution is -2.52. The van der Waals surface area contributed by atoms with Crippen LogP contribution in [0.1, 0.15) is 66.2 Å². The third-order valence-corrected chi connectivity index (χ3v) is 8.73. The van der Waals surface area contributed by atoms with E-state index in [9.17, 15) is 5.11 Å². The average Bonchev–Trinajstić information content (AvgIpc) is 3.45. The van der Waals surface area contributed by atoms with Gasteiger partial charge >= 0.3 is 0 Å². The lowest BCUT2D eigenvalue weighted by molar-refractivity contribution is 0.0289. The van der Waals surface area contributed by atoms with Crippen LogP contribution in [0.15, 0.2) is 12.3 Å². The summed E-state index contributed by atoms with van der Waals surface area (Å²) in [5.74, 6) is 1.71. The number of aliphatic hydroxyl groups is 1. The summed E-state index contributed by atoms with van der Waals surface area (Å²) in [6.45, 7) is 18.5. The Kier molecular flexibility index (Phi) is 4.09. The van der Waals surface area contributed by atoms with E-state index in [2.05, 4.69) is 44.1 Å². The first-order valence-electron chi connectivity index (χ1n) is 10.6. The number of rotatable bonds is 4. The van der Waals surface area contributed by atoms with Gasteiger partial charge < -0.3 is 10.0 Å². The fourth-order valence-electron chi connectivity index (χ4n) is 6.51. The number of hydrogen-bond acceptors (Lipinski definition) is 3. The van der Waals surface area contributed by atoms with Gasteiger partial charge in [-0.2, -0.15) is 0 Å². The number of aliphatic hydroxyl groups excluding tert-OH is 1. The van der Waals surface area contributed by atoms with Crippen molar-refractivity contribution in [2.45, 2.75) is 77.8 Å². The van der Waals surface area contributed by atoms with Gasteiger partial charge in [-0.25, -0.2) is 0 Å². The van der Waals surface area contributed by atoms with Gasteiger partial charge in [0.05, 0.1) is 5.76 Å².